The third-order valence-corrected chi connectivity index (χ3v) is 4.86. The van der Waals surface area contributed by atoms with Crippen molar-refractivity contribution in [3.63, 3.8) is 0 Å². The van der Waals surface area contributed by atoms with Gasteiger partial charge in [0.2, 0.25) is 0 Å². The van der Waals surface area contributed by atoms with Crippen molar-refractivity contribution in [2.75, 3.05) is 32.7 Å². The number of carbonyl (C=O) groups is 1. The molecule has 33 heavy (non-hydrogen) atoms. The van der Waals surface area contributed by atoms with Gasteiger partial charge < -0.3 is 19.1 Å². The first-order chi connectivity index (χ1) is 15.9. The number of nitrogens with zero attached hydrogens (tertiary/aromatic N) is 3. The van der Waals surface area contributed by atoms with Crippen molar-refractivity contribution in [3.8, 4) is 22.8 Å². The van der Waals surface area contributed by atoms with E-state index in [-0.39, 0.29) is 12.6 Å². The summed E-state index contributed by atoms with van der Waals surface area (Å²) >= 11 is 0. The molecular formula is C25H28FN3O4. The Bertz CT molecular complexity index is 1100. The molecule has 8 heteroatoms. The van der Waals surface area contributed by atoms with Gasteiger partial charge in [-0.2, -0.15) is 0 Å². The molecule has 0 atom stereocenters. The average Bonchev–Trinajstić information content (AvgIpc) is 2.82. The molecule has 0 N–H and O–H groups in total. The first-order valence-corrected chi connectivity index (χ1v) is 10.7. The second kappa shape index (κ2) is 11.3. The topological polar surface area (TPSA) is 73.8 Å². The van der Waals surface area contributed by atoms with E-state index < -0.39 is 5.82 Å². The fraction of sp³-hybridized carbons (Fsp3) is 0.320. The standard InChI is InChI=1S/C25H28FN3O4/c1-5-32-23(30)12-9-17-7-6-8-20(13-17)33-16-18-15-27-24(25(28-18)29(2)3)21-14-19(31-4)10-11-22(21)26/h6-8,10-11,13-15H,5,9,12,16H2,1-4H3. The lowest BCUT2D eigenvalue weighted by atomic mass is 10.1. The third-order valence-electron chi connectivity index (χ3n) is 4.86. The molecule has 1 aromatic heterocycles. The first kappa shape index (κ1) is 24.0. The van der Waals surface area contributed by atoms with E-state index in [1.807, 2.05) is 38.4 Å². The number of anilines is 1. The summed E-state index contributed by atoms with van der Waals surface area (Å²) in [6, 6.07) is 12.1. The highest BCUT2D eigenvalue weighted by atomic mass is 19.1. The maximum Gasteiger partial charge on any atom is 0.306 e. The fourth-order valence-corrected chi connectivity index (χ4v) is 3.23. The monoisotopic (exact) mass is 453 g/mol. The Labute approximate surface area is 193 Å². The zero-order valence-electron chi connectivity index (χ0n) is 19.3. The number of carbonyl (C=O) groups excluding carboxylic acids is 1. The van der Waals surface area contributed by atoms with Crippen molar-refractivity contribution in [2.24, 2.45) is 0 Å². The minimum Gasteiger partial charge on any atom is -0.497 e. The van der Waals surface area contributed by atoms with Crippen molar-refractivity contribution >= 4 is 11.8 Å². The Morgan fingerprint density at radius 2 is 1.94 bits per heavy atom. The lowest BCUT2D eigenvalue weighted by Gasteiger charge is -2.17. The average molecular weight is 454 g/mol. The van der Waals surface area contributed by atoms with Crippen LogP contribution in [0.5, 0.6) is 11.5 Å². The highest BCUT2D eigenvalue weighted by Crippen LogP contribution is 2.31. The molecule has 0 bridgehead atoms. The van der Waals surface area contributed by atoms with Crippen molar-refractivity contribution in [1.29, 1.82) is 0 Å². The van der Waals surface area contributed by atoms with Crippen LogP contribution < -0.4 is 14.4 Å². The number of esters is 1. The van der Waals surface area contributed by atoms with Gasteiger partial charge in [0.15, 0.2) is 5.82 Å². The van der Waals surface area contributed by atoms with Crippen LogP contribution in [0.2, 0.25) is 0 Å². The number of hydrogen-bond donors (Lipinski definition) is 0. The number of methoxy groups -OCH3 is 1. The van der Waals surface area contributed by atoms with Gasteiger partial charge in [0.25, 0.3) is 0 Å². The van der Waals surface area contributed by atoms with Crippen molar-refractivity contribution in [1.82, 2.24) is 9.97 Å². The molecule has 0 aliphatic carbocycles. The summed E-state index contributed by atoms with van der Waals surface area (Å²) in [7, 11) is 5.17. The van der Waals surface area contributed by atoms with Crippen LogP contribution in [-0.2, 0) is 22.6 Å². The SMILES string of the molecule is CCOC(=O)CCc1cccc(OCc2cnc(-c3cc(OC)ccc3F)c(N(C)C)n2)c1. The molecule has 2 aromatic carbocycles. The van der Waals surface area contributed by atoms with E-state index in [9.17, 15) is 9.18 Å². The third kappa shape index (κ3) is 6.41. The minimum atomic E-state index is -0.406. The van der Waals surface area contributed by atoms with E-state index in [0.717, 1.165) is 5.56 Å². The normalized spacial score (nSPS) is 10.6. The van der Waals surface area contributed by atoms with Crippen molar-refractivity contribution < 1.29 is 23.4 Å². The largest absolute Gasteiger partial charge is 0.497 e. The second-order valence-corrected chi connectivity index (χ2v) is 7.51. The number of aryl methyl sites for hydroxylation is 1. The number of rotatable bonds is 10. The van der Waals surface area contributed by atoms with Gasteiger partial charge in [0.05, 0.1) is 25.6 Å². The van der Waals surface area contributed by atoms with E-state index >= 15 is 0 Å². The summed E-state index contributed by atoms with van der Waals surface area (Å²) < 4.78 is 30.6. The zero-order chi connectivity index (χ0) is 23.8. The molecule has 0 saturated carbocycles. The molecule has 0 aliphatic rings. The highest BCUT2D eigenvalue weighted by molar-refractivity contribution is 5.73. The predicted molar refractivity (Wildman–Crippen MR) is 124 cm³/mol. The van der Waals surface area contributed by atoms with E-state index in [2.05, 4.69) is 9.97 Å². The van der Waals surface area contributed by atoms with E-state index in [0.29, 0.717) is 53.7 Å². The number of ether oxygens (including phenoxy) is 3. The van der Waals surface area contributed by atoms with Gasteiger partial charge in [-0.3, -0.25) is 9.78 Å². The first-order valence-electron chi connectivity index (χ1n) is 10.7. The molecular weight excluding hydrogens is 425 g/mol. The van der Waals surface area contributed by atoms with Crippen molar-refractivity contribution in [2.45, 2.75) is 26.4 Å². The second-order valence-electron chi connectivity index (χ2n) is 7.51. The van der Waals surface area contributed by atoms with Crippen LogP contribution in [0.25, 0.3) is 11.3 Å². The Hall–Kier alpha value is -3.68. The quantitative estimate of drug-likeness (QED) is 0.421. The van der Waals surface area contributed by atoms with Gasteiger partial charge in [0, 0.05) is 26.1 Å². The van der Waals surface area contributed by atoms with Gasteiger partial charge in [-0.1, -0.05) is 12.1 Å². The van der Waals surface area contributed by atoms with Gasteiger partial charge in [-0.05, 0) is 49.2 Å². The van der Waals surface area contributed by atoms with Crippen LogP contribution >= 0.6 is 0 Å². The molecule has 1 heterocycles. The van der Waals surface area contributed by atoms with Crippen LogP contribution in [0.3, 0.4) is 0 Å². The highest BCUT2D eigenvalue weighted by Gasteiger charge is 2.17. The maximum atomic E-state index is 14.5. The van der Waals surface area contributed by atoms with Crippen molar-refractivity contribution in [3.05, 3.63) is 65.7 Å². The molecule has 0 spiro atoms. The molecule has 174 valence electrons. The number of halogens is 1. The van der Waals surface area contributed by atoms with Gasteiger partial charge in [0.1, 0.15) is 29.6 Å². The molecule has 0 unspecified atom stereocenters. The zero-order valence-corrected chi connectivity index (χ0v) is 19.3. The molecule has 0 amide bonds. The summed E-state index contributed by atoms with van der Waals surface area (Å²) in [5.41, 5.74) is 2.31. The van der Waals surface area contributed by atoms with Gasteiger partial charge >= 0.3 is 5.97 Å². The molecule has 0 radical (unpaired) electrons. The Balaban J connectivity index is 1.75. The minimum absolute atomic E-state index is 0.191. The summed E-state index contributed by atoms with van der Waals surface area (Å²) in [5, 5.41) is 0. The maximum absolute atomic E-state index is 14.5. The van der Waals surface area contributed by atoms with Crippen LogP contribution in [0.15, 0.2) is 48.7 Å². The molecule has 0 saturated heterocycles. The number of aromatic nitrogens is 2. The molecule has 0 fully saturated rings. The lowest BCUT2D eigenvalue weighted by Crippen LogP contribution is -2.15. The molecule has 7 nitrogen and oxygen atoms in total. The van der Waals surface area contributed by atoms with Gasteiger partial charge in [-0.25, -0.2) is 9.37 Å². The lowest BCUT2D eigenvalue weighted by molar-refractivity contribution is -0.143. The smallest absolute Gasteiger partial charge is 0.306 e. The van der Waals surface area contributed by atoms with Crippen LogP contribution in [0.4, 0.5) is 10.2 Å². The van der Waals surface area contributed by atoms with E-state index in [1.165, 1.54) is 13.2 Å². The summed E-state index contributed by atoms with van der Waals surface area (Å²) in [4.78, 5) is 22.5. The van der Waals surface area contributed by atoms with Crippen LogP contribution in [-0.4, -0.2) is 43.7 Å². The van der Waals surface area contributed by atoms with Gasteiger partial charge in [-0.15, -0.1) is 0 Å². The fourth-order valence-electron chi connectivity index (χ4n) is 3.23. The Kier molecular flexibility index (Phi) is 8.18. The van der Waals surface area contributed by atoms with E-state index in [4.69, 9.17) is 14.2 Å². The Morgan fingerprint density at radius 3 is 2.67 bits per heavy atom. The summed E-state index contributed by atoms with van der Waals surface area (Å²) in [6.07, 6.45) is 2.46. The number of benzene rings is 2. The predicted octanol–water partition coefficient (Wildman–Crippen LogP) is 4.43. The molecule has 0 aliphatic heterocycles. The summed E-state index contributed by atoms with van der Waals surface area (Å²) in [6.45, 7) is 2.36. The summed E-state index contributed by atoms with van der Waals surface area (Å²) in [5.74, 6) is 1.09. The molecule has 3 rings (SSSR count). The number of hydrogen-bond acceptors (Lipinski definition) is 7. The Morgan fingerprint density at radius 1 is 1.12 bits per heavy atom. The van der Waals surface area contributed by atoms with Crippen LogP contribution in [0.1, 0.15) is 24.6 Å². The van der Waals surface area contributed by atoms with E-state index in [1.54, 1.807) is 30.2 Å². The van der Waals surface area contributed by atoms with Crippen LogP contribution in [0, 0.1) is 5.82 Å². The molecule has 3 aromatic rings.